The van der Waals surface area contributed by atoms with Gasteiger partial charge in [0.05, 0.1) is 0 Å². The van der Waals surface area contributed by atoms with Crippen LogP contribution in [0.2, 0.25) is 0 Å². The maximum atomic E-state index is 3.57. The van der Waals surface area contributed by atoms with Gasteiger partial charge in [-0.05, 0) is 33.4 Å². The third-order valence-electron chi connectivity index (χ3n) is 3.10. The predicted molar refractivity (Wildman–Crippen MR) is 69.4 cm³/mol. The zero-order valence-corrected chi connectivity index (χ0v) is 11.3. The summed E-state index contributed by atoms with van der Waals surface area (Å²) < 4.78 is 0. The van der Waals surface area contributed by atoms with Gasteiger partial charge >= 0.3 is 0 Å². The summed E-state index contributed by atoms with van der Waals surface area (Å²) in [6, 6.07) is 1.39. The highest BCUT2D eigenvalue weighted by Crippen LogP contribution is 2.06. The van der Waals surface area contributed by atoms with Crippen molar-refractivity contribution >= 4 is 0 Å². The molecule has 0 amide bonds. The molecule has 0 rings (SSSR count). The van der Waals surface area contributed by atoms with Gasteiger partial charge in [-0.25, -0.2) is 0 Å². The number of hydrogen-bond donors (Lipinski definition) is 1. The van der Waals surface area contributed by atoms with Gasteiger partial charge in [-0.2, -0.15) is 0 Å². The molecule has 0 aromatic carbocycles. The van der Waals surface area contributed by atoms with Crippen LogP contribution in [0, 0.1) is 0 Å². The lowest BCUT2D eigenvalue weighted by Gasteiger charge is -2.29. The first-order valence-corrected chi connectivity index (χ1v) is 6.59. The maximum Gasteiger partial charge on any atom is 0.0194 e. The van der Waals surface area contributed by atoms with E-state index in [0.29, 0.717) is 12.1 Å². The van der Waals surface area contributed by atoms with E-state index in [0.717, 1.165) is 6.54 Å². The molecule has 15 heavy (non-hydrogen) atoms. The third-order valence-corrected chi connectivity index (χ3v) is 3.10. The van der Waals surface area contributed by atoms with E-state index >= 15 is 0 Å². The minimum absolute atomic E-state index is 0.671. The largest absolute Gasteiger partial charge is 0.313 e. The summed E-state index contributed by atoms with van der Waals surface area (Å²) in [7, 11) is 2.25. The summed E-state index contributed by atoms with van der Waals surface area (Å²) in [5, 5.41) is 3.57. The van der Waals surface area contributed by atoms with Crippen molar-refractivity contribution in [1.82, 2.24) is 10.2 Å². The summed E-state index contributed by atoms with van der Waals surface area (Å²) in [5.74, 6) is 0. The Bertz CT molecular complexity index is 130. The number of hydrogen-bond acceptors (Lipinski definition) is 2. The number of rotatable bonds is 9. The highest BCUT2D eigenvalue weighted by molar-refractivity contribution is 4.72. The Kier molecular flexibility index (Phi) is 9.12. The molecule has 0 aromatic heterocycles. The SMILES string of the molecule is CCCC(CN(C)C(C)CCC)NCC. The van der Waals surface area contributed by atoms with Crippen molar-refractivity contribution < 1.29 is 0 Å². The van der Waals surface area contributed by atoms with Gasteiger partial charge in [-0.15, -0.1) is 0 Å². The summed E-state index contributed by atoms with van der Waals surface area (Å²) >= 11 is 0. The third kappa shape index (κ3) is 6.91. The van der Waals surface area contributed by atoms with Crippen LogP contribution in [-0.4, -0.2) is 37.1 Å². The minimum atomic E-state index is 0.671. The summed E-state index contributed by atoms with van der Waals surface area (Å²) in [6.07, 6.45) is 5.15. The van der Waals surface area contributed by atoms with E-state index in [1.807, 2.05) is 0 Å². The Morgan fingerprint density at radius 3 is 2.13 bits per heavy atom. The molecule has 0 radical (unpaired) electrons. The topological polar surface area (TPSA) is 15.3 Å². The molecular weight excluding hydrogens is 184 g/mol. The van der Waals surface area contributed by atoms with E-state index in [1.54, 1.807) is 0 Å². The van der Waals surface area contributed by atoms with E-state index in [-0.39, 0.29) is 0 Å². The van der Waals surface area contributed by atoms with Gasteiger partial charge in [-0.1, -0.05) is 33.6 Å². The lowest BCUT2D eigenvalue weighted by atomic mass is 10.1. The van der Waals surface area contributed by atoms with Gasteiger partial charge in [0, 0.05) is 18.6 Å². The fourth-order valence-electron chi connectivity index (χ4n) is 2.06. The van der Waals surface area contributed by atoms with Crippen LogP contribution >= 0.6 is 0 Å². The molecule has 0 fully saturated rings. The molecular formula is C13H30N2. The van der Waals surface area contributed by atoms with Crippen molar-refractivity contribution in [3.05, 3.63) is 0 Å². The number of likely N-dealkylation sites (N-methyl/N-ethyl adjacent to an activating group) is 2. The maximum absolute atomic E-state index is 3.57. The highest BCUT2D eigenvalue weighted by Gasteiger charge is 2.13. The smallest absolute Gasteiger partial charge is 0.0194 e. The second-order valence-corrected chi connectivity index (χ2v) is 4.62. The number of nitrogens with one attached hydrogen (secondary N) is 1. The molecule has 2 atom stereocenters. The van der Waals surface area contributed by atoms with Crippen LogP contribution in [-0.2, 0) is 0 Å². The van der Waals surface area contributed by atoms with Gasteiger partial charge in [0.2, 0.25) is 0 Å². The Labute approximate surface area is 96.4 Å². The van der Waals surface area contributed by atoms with E-state index in [4.69, 9.17) is 0 Å². The van der Waals surface area contributed by atoms with Gasteiger partial charge in [0.15, 0.2) is 0 Å². The molecule has 0 saturated heterocycles. The van der Waals surface area contributed by atoms with Crippen LogP contribution in [0.15, 0.2) is 0 Å². The summed E-state index contributed by atoms with van der Waals surface area (Å²) in [5.41, 5.74) is 0. The Balaban J connectivity index is 3.91. The van der Waals surface area contributed by atoms with Crippen LogP contribution in [0.4, 0.5) is 0 Å². The summed E-state index contributed by atoms with van der Waals surface area (Å²) in [6.45, 7) is 11.3. The monoisotopic (exact) mass is 214 g/mol. The molecule has 2 heteroatoms. The van der Waals surface area contributed by atoms with Crippen LogP contribution in [0.25, 0.3) is 0 Å². The molecule has 0 aliphatic heterocycles. The van der Waals surface area contributed by atoms with Gasteiger partial charge in [0.1, 0.15) is 0 Å². The predicted octanol–water partition coefficient (Wildman–Crippen LogP) is 2.89. The van der Waals surface area contributed by atoms with Crippen LogP contribution in [0.1, 0.15) is 53.4 Å². The Morgan fingerprint density at radius 1 is 1.07 bits per heavy atom. The molecule has 2 nitrogen and oxygen atoms in total. The van der Waals surface area contributed by atoms with Gasteiger partial charge < -0.3 is 10.2 Å². The van der Waals surface area contributed by atoms with Crippen LogP contribution in [0.5, 0.6) is 0 Å². The van der Waals surface area contributed by atoms with Crippen LogP contribution < -0.4 is 5.32 Å². The normalized spacial score (nSPS) is 15.6. The van der Waals surface area contributed by atoms with E-state index in [2.05, 4.69) is 45.0 Å². The standard InChI is InChI=1S/C13H30N2/c1-6-9-12(4)15(5)11-13(10-7-2)14-8-3/h12-14H,6-11H2,1-5H3. The fourth-order valence-corrected chi connectivity index (χ4v) is 2.06. The molecule has 92 valence electrons. The highest BCUT2D eigenvalue weighted by atomic mass is 15.1. The van der Waals surface area contributed by atoms with E-state index in [1.165, 1.54) is 32.2 Å². The van der Waals surface area contributed by atoms with Crippen molar-refractivity contribution in [2.24, 2.45) is 0 Å². The first-order chi connectivity index (χ1) is 7.15. The van der Waals surface area contributed by atoms with Crippen molar-refractivity contribution in [2.75, 3.05) is 20.1 Å². The second-order valence-electron chi connectivity index (χ2n) is 4.62. The summed E-state index contributed by atoms with van der Waals surface area (Å²) in [4.78, 5) is 2.49. The minimum Gasteiger partial charge on any atom is -0.313 e. The molecule has 2 unspecified atom stereocenters. The van der Waals surface area contributed by atoms with Gasteiger partial charge in [0.25, 0.3) is 0 Å². The van der Waals surface area contributed by atoms with Crippen LogP contribution in [0.3, 0.4) is 0 Å². The van der Waals surface area contributed by atoms with Crippen molar-refractivity contribution in [3.63, 3.8) is 0 Å². The molecule has 1 N–H and O–H groups in total. The van der Waals surface area contributed by atoms with Crippen molar-refractivity contribution in [2.45, 2.75) is 65.5 Å². The average Bonchev–Trinajstić information content (AvgIpc) is 2.18. The zero-order valence-electron chi connectivity index (χ0n) is 11.3. The first-order valence-electron chi connectivity index (χ1n) is 6.59. The molecule has 0 bridgehead atoms. The Morgan fingerprint density at radius 2 is 1.67 bits per heavy atom. The lowest BCUT2D eigenvalue weighted by molar-refractivity contribution is 0.214. The second kappa shape index (κ2) is 9.17. The first kappa shape index (κ1) is 14.9. The molecule has 0 heterocycles. The average molecular weight is 214 g/mol. The molecule has 0 saturated carbocycles. The molecule has 0 aliphatic carbocycles. The molecule has 0 spiro atoms. The zero-order chi connectivity index (χ0) is 11.7. The number of nitrogens with zero attached hydrogens (tertiary/aromatic N) is 1. The molecule has 0 aromatic rings. The molecule has 0 aliphatic rings. The van der Waals surface area contributed by atoms with Crippen molar-refractivity contribution in [1.29, 1.82) is 0 Å². The van der Waals surface area contributed by atoms with E-state index in [9.17, 15) is 0 Å². The quantitative estimate of drug-likeness (QED) is 0.635. The fraction of sp³-hybridized carbons (Fsp3) is 1.00. The van der Waals surface area contributed by atoms with Crippen molar-refractivity contribution in [3.8, 4) is 0 Å². The lowest BCUT2D eigenvalue weighted by Crippen LogP contribution is -2.42. The Hall–Kier alpha value is -0.0800. The van der Waals surface area contributed by atoms with Gasteiger partial charge in [-0.3, -0.25) is 0 Å². The van der Waals surface area contributed by atoms with E-state index < -0.39 is 0 Å².